The van der Waals surface area contributed by atoms with Crippen LogP contribution in [-0.2, 0) is 29.4 Å². The molecule has 6 nitrogen and oxygen atoms in total. The molecular formula is C20H29IN4O2S. The van der Waals surface area contributed by atoms with Gasteiger partial charge in [-0.15, -0.1) is 24.0 Å². The molecule has 0 aromatic heterocycles. The molecule has 154 valence electrons. The first-order valence-corrected chi connectivity index (χ1v) is 10.8. The van der Waals surface area contributed by atoms with Gasteiger partial charge in [0.25, 0.3) is 0 Å². The molecule has 0 heterocycles. The lowest BCUT2D eigenvalue weighted by molar-refractivity contribution is 0.581. The minimum atomic E-state index is -3.41. The Morgan fingerprint density at radius 2 is 1.61 bits per heavy atom. The van der Waals surface area contributed by atoms with Gasteiger partial charge in [-0.2, -0.15) is 0 Å². The van der Waals surface area contributed by atoms with E-state index >= 15 is 0 Å². The predicted octanol–water partition coefficient (Wildman–Crippen LogP) is 3.28. The van der Waals surface area contributed by atoms with Crippen molar-refractivity contribution in [3.63, 3.8) is 0 Å². The van der Waals surface area contributed by atoms with Crippen molar-refractivity contribution < 1.29 is 8.42 Å². The second-order valence-electron chi connectivity index (χ2n) is 6.18. The predicted molar refractivity (Wildman–Crippen MR) is 128 cm³/mol. The minimum absolute atomic E-state index is 0. The summed E-state index contributed by atoms with van der Waals surface area (Å²) in [6, 6.07) is 15.5. The Morgan fingerprint density at radius 3 is 2.18 bits per heavy atom. The summed E-state index contributed by atoms with van der Waals surface area (Å²) in [5.41, 5.74) is 10.2. The molecule has 0 atom stereocenters. The Labute approximate surface area is 185 Å². The summed E-state index contributed by atoms with van der Waals surface area (Å²) in [6.07, 6.45) is 1.75. The summed E-state index contributed by atoms with van der Waals surface area (Å²) in [5.74, 6) is 0.113. The lowest BCUT2D eigenvalue weighted by atomic mass is 10.0. The van der Waals surface area contributed by atoms with E-state index in [9.17, 15) is 8.42 Å². The van der Waals surface area contributed by atoms with Crippen LogP contribution in [0.25, 0.3) is 0 Å². The lowest BCUT2D eigenvalue weighted by Crippen LogP contribution is -2.29. The van der Waals surface area contributed by atoms with Crippen molar-refractivity contribution in [2.24, 2.45) is 10.7 Å². The van der Waals surface area contributed by atoms with Crippen LogP contribution in [0.2, 0.25) is 0 Å². The zero-order valence-electron chi connectivity index (χ0n) is 16.3. The van der Waals surface area contributed by atoms with Crippen LogP contribution in [0.15, 0.2) is 53.5 Å². The number of sulfonamides is 1. The lowest BCUT2D eigenvalue weighted by Gasteiger charge is -2.14. The summed E-state index contributed by atoms with van der Waals surface area (Å²) in [5, 5.41) is 3.14. The molecule has 0 amide bonds. The maximum absolute atomic E-state index is 12.1. The van der Waals surface area contributed by atoms with E-state index in [0.29, 0.717) is 0 Å². The molecule has 0 unspecified atom stereocenters. The largest absolute Gasteiger partial charge is 0.370 e. The van der Waals surface area contributed by atoms with E-state index in [2.05, 4.69) is 28.9 Å². The summed E-state index contributed by atoms with van der Waals surface area (Å²) < 4.78 is 26.8. The Balaban J connectivity index is 0.00000392. The van der Waals surface area contributed by atoms with Crippen LogP contribution in [-0.4, -0.2) is 26.7 Å². The average molecular weight is 516 g/mol. The van der Waals surface area contributed by atoms with Crippen LogP contribution < -0.4 is 15.8 Å². The fourth-order valence-electron chi connectivity index (χ4n) is 2.72. The zero-order valence-corrected chi connectivity index (χ0v) is 19.5. The first-order valence-electron chi connectivity index (χ1n) is 9.14. The van der Waals surface area contributed by atoms with Gasteiger partial charge < -0.3 is 11.1 Å². The molecule has 28 heavy (non-hydrogen) atoms. The molecule has 0 spiro atoms. The van der Waals surface area contributed by atoms with E-state index in [4.69, 9.17) is 5.73 Å². The van der Waals surface area contributed by atoms with E-state index in [0.717, 1.165) is 35.2 Å². The van der Waals surface area contributed by atoms with Gasteiger partial charge >= 0.3 is 0 Å². The highest BCUT2D eigenvalue weighted by Crippen LogP contribution is 2.22. The third kappa shape index (κ3) is 7.76. The van der Waals surface area contributed by atoms with Gasteiger partial charge in [0, 0.05) is 12.2 Å². The zero-order chi connectivity index (χ0) is 19.7. The van der Waals surface area contributed by atoms with Crippen molar-refractivity contribution in [1.82, 2.24) is 4.72 Å². The maximum Gasteiger partial charge on any atom is 0.213 e. The second kappa shape index (κ2) is 12.0. The number of para-hydroxylation sites is 1. The highest BCUT2D eigenvalue weighted by molar-refractivity contribution is 14.0. The molecule has 0 saturated heterocycles. The van der Waals surface area contributed by atoms with Crippen molar-refractivity contribution in [3.8, 4) is 0 Å². The van der Waals surface area contributed by atoms with Crippen molar-refractivity contribution in [3.05, 3.63) is 65.2 Å². The van der Waals surface area contributed by atoms with Crippen LogP contribution in [0.1, 0.15) is 30.5 Å². The fraction of sp³-hybridized carbons (Fsp3) is 0.350. The van der Waals surface area contributed by atoms with Gasteiger partial charge in [0.15, 0.2) is 5.96 Å². The third-order valence-electron chi connectivity index (χ3n) is 4.23. The second-order valence-corrected chi connectivity index (χ2v) is 8.10. The standard InChI is InChI=1S/C20H28N4O2S.HI/c1-3-17-11-8-12-18(4-2)19(17)24-20(21)22-13-14-27(25,26)23-15-16-9-6-5-7-10-16;/h5-12,23H,3-4,13-15H2,1-2H3,(H3,21,22,24);1H. The van der Waals surface area contributed by atoms with E-state index in [1.165, 1.54) is 0 Å². The summed E-state index contributed by atoms with van der Waals surface area (Å²) in [4.78, 5) is 4.17. The molecule has 0 aliphatic rings. The molecule has 2 aromatic carbocycles. The quantitative estimate of drug-likeness (QED) is 0.271. The number of benzene rings is 2. The number of aliphatic imine (C=N–C) groups is 1. The van der Waals surface area contributed by atoms with Gasteiger partial charge in [-0.1, -0.05) is 62.4 Å². The molecule has 8 heteroatoms. The SMILES string of the molecule is CCc1cccc(CC)c1NC(N)=NCCS(=O)(=O)NCc1ccccc1.I. The van der Waals surface area contributed by atoms with Gasteiger partial charge in [-0.05, 0) is 29.5 Å². The summed E-state index contributed by atoms with van der Waals surface area (Å²) >= 11 is 0. The van der Waals surface area contributed by atoms with Crippen LogP contribution in [0.5, 0.6) is 0 Å². The monoisotopic (exact) mass is 516 g/mol. The van der Waals surface area contributed by atoms with Crippen LogP contribution in [0.4, 0.5) is 5.69 Å². The van der Waals surface area contributed by atoms with Crippen molar-refractivity contribution in [2.45, 2.75) is 33.2 Å². The molecule has 2 rings (SSSR count). The van der Waals surface area contributed by atoms with E-state index < -0.39 is 10.0 Å². The number of rotatable bonds is 9. The van der Waals surface area contributed by atoms with Crippen LogP contribution in [0.3, 0.4) is 0 Å². The Morgan fingerprint density at radius 1 is 1.00 bits per heavy atom. The van der Waals surface area contributed by atoms with Crippen molar-refractivity contribution in [1.29, 1.82) is 0 Å². The molecule has 0 aliphatic heterocycles. The van der Waals surface area contributed by atoms with Crippen molar-refractivity contribution in [2.75, 3.05) is 17.6 Å². The first-order chi connectivity index (χ1) is 12.9. The molecule has 2 aromatic rings. The fourth-order valence-corrected chi connectivity index (χ4v) is 3.58. The summed E-state index contributed by atoms with van der Waals surface area (Å²) in [7, 11) is -3.41. The number of guanidine groups is 1. The Kier molecular flexibility index (Phi) is 10.5. The van der Waals surface area contributed by atoms with Crippen LogP contribution >= 0.6 is 24.0 Å². The average Bonchev–Trinajstić information content (AvgIpc) is 2.67. The highest BCUT2D eigenvalue weighted by Gasteiger charge is 2.10. The Hall–Kier alpha value is -1.65. The van der Waals surface area contributed by atoms with Gasteiger partial charge in [0.1, 0.15) is 0 Å². The normalized spacial score (nSPS) is 11.7. The molecule has 0 bridgehead atoms. The van der Waals surface area contributed by atoms with Gasteiger partial charge in [0.05, 0.1) is 12.3 Å². The molecule has 0 radical (unpaired) electrons. The van der Waals surface area contributed by atoms with Gasteiger partial charge in [0.2, 0.25) is 10.0 Å². The maximum atomic E-state index is 12.1. The Bertz CT molecular complexity index is 849. The molecule has 4 N–H and O–H groups in total. The molecular weight excluding hydrogens is 487 g/mol. The number of anilines is 1. The number of halogens is 1. The topological polar surface area (TPSA) is 96.6 Å². The number of aryl methyl sites for hydroxylation is 2. The molecule has 0 aliphatic carbocycles. The van der Waals surface area contributed by atoms with Gasteiger partial charge in [-0.25, -0.2) is 13.1 Å². The number of nitrogens with two attached hydrogens (primary N) is 1. The van der Waals surface area contributed by atoms with E-state index in [1.807, 2.05) is 48.5 Å². The number of nitrogens with zero attached hydrogens (tertiary/aromatic N) is 1. The van der Waals surface area contributed by atoms with E-state index in [1.54, 1.807) is 0 Å². The molecule has 0 saturated carbocycles. The van der Waals surface area contributed by atoms with Crippen molar-refractivity contribution >= 4 is 45.6 Å². The first kappa shape index (κ1) is 24.4. The number of hydrogen-bond donors (Lipinski definition) is 3. The summed E-state index contributed by atoms with van der Waals surface area (Å²) in [6.45, 7) is 4.53. The number of nitrogens with one attached hydrogen (secondary N) is 2. The highest BCUT2D eigenvalue weighted by atomic mass is 127. The van der Waals surface area contributed by atoms with E-state index in [-0.39, 0.29) is 48.8 Å². The molecule has 0 fully saturated rings. The smallest absolute Gasteiger partial charge is 0.213 e. The van der Waals surface area contributed by atoms with Gasteiger partial charge in [-0.3, -0.25) is 4.99 Å². The minimum Gasteiger partial charge on any atom is -0.370 e. The number of hydrogen-bond acceptors (Lipinski definition) is 3. The van der Waals surface area contributed by atoms with Crippen LogP contribution in [0, 0.1) is 0 Å². The third-order valence-corrected chi connectivity index (χ3v) is 5.54.